The van der Waals surface area contributed by atoms with E-state index in [4.69, 9.17) is 21.6 Å². The second kappa shape index (κ2) is 10.8. The molecule has 0 unspecified atom stereocenters. The maximum absolute atomic E-state index is 9.72. The van der Waals surface area contributed by atoms with Crippen LogP contribution in [0.2, 0.25) is 5.02 Å². The summed E-state index contributed by atoms with van der Waals surface area (Å²) in [6.07, 6.45) is 0. The maximum Gasteiger partial charge on any atom is 0.162 e. The van der Waals surface area contributed by atoms with Crippen LogP contribution in [0.25, 0.3) is 22.3 Å². The van der Waals surface area contributed by atoms with Gasteiger partial charge in [0.1, 0.15) is 5.82 Å². The molecule has 174 valence electrons. The van der Waals surface area contributed by atoms with Crippen molar-refractivity contribution in [3.63, 3.8) is 0 Å². The molecule has 7 heteroatoms. The third kappa shape index (κ3) is 5.52. The average molecular weight is 563 g/mol. The normalized spacial score (nSPS) is 11.1. The Bertz CT molecular complexity index is 1490. The Morgan fingerprint density at radius 1 is 0.829 bits per heavy atom. The summed E-state index contributed by atoms with van der Waals surface area (Å²) in [5.74, 6) is 1.38. The van der Waals surface area contributed by atoms with Crippen LogP contribution in [0.15, 0.2) is 105 Å². The third-order valence-corrected chi connectivity index (χ3v) is 7.54. The second-order valence-corrected chi connectivity index (χ2v) is 10.3. The number of hydrogen-bond acceptors (Lipinski definition) is 5. The van der Waals surface area contributed by atoms with Gasteiger partial charge in [-0.3, -0.25) is 0 Å². The molecule has 0 aliphatic rings. The first-order chi connectivity index (χ1) is 17.1. The van der Waals surface area contributed by atoms with Gasteiger partial charge in [-0.05, 0) is 53.6 Å². The Labute approximate surface area is 221 Å². The quantitative estimate of drug-likeness (QED) is 0.211. The van der Waals surface area contributed by atoms with E-state index in [2.05, 4.69) is 33.4 Å². The molecule has 0 fully saturated rings. The summed E-state index contributed by atoms with van der Waals surface area (Å²) in [6, 6.07) is 29.8. The van der Waals surface area contributed by atoms with Crippen molar-refractivity contribution in [1.82, 2.24) is 9.97 Å². The lowest BCUT2D eigenvalue weighted by Crippen LogP contribution is -2.05. The second-order valence-electron chi connectivity index (χ2n) is 7.89. The molecule has 0 spiro atoms. The lowest BCUT2D eigenvalue weighted by molar-refractivity contribution is 0.279. The van der Waals surface area contributed by atoms with Gasteiger partial charge < -0.3 is 10.4 Å². The number of aromatic nitrogens is 2. The molecule has 0 saturated heterocycles. The summed E-state index contributed by atoms with van der Waals surface area (Å²) in [7, 11) is 0. The number of anilines is 1. The number of nitrogens with zero attached hydrogens (tertiary/aromatic N) is 2. The van der Waals surface area contributed by atoms with Crippen LogP contribution in [0.3, 0.4) is 0 Å². The molecule has 4 nitrogen and oxygen atoms in total. The molecule has 35 heavy (non-hydrogen) atoms. The molecular weight excluding hydrogens is 542 g/mol. The fraction of sp³-hybridized carbons (Fsp3) is 0.0714. The molecule has 0 atom stereocenters. The van der Waals surface area contributed by atoms with Crippen LogP contribution in [0.1, 0.15) is 11.1 Å². The first-order valence-electron chi connectivity index (χ1n) is 11.0. The predicted octanol–water partition coefficient (Wildman–Crippen LogP) is 7.97. The Hall–Kier alpha value is -2.90. The van der Waals surface area contributed by atoms with Gasteiger partial charge in [0.25, 0.3) is 0 Å². The SMILES string of the molecule is OCc1ccccc1Sc1ccccc1CNc1nc(-c2ccc(Br)cc2)nc2ccc(Cl)cc12. The lowest BCUT2D eigenvalue weighted by atomic mass is 10.1. The van der Waals surface area contributed by atoms with Gasteiger partial charge in [0.15, 0.2) is 5.82 Å². The number of aliphatic hydroxyl groups is 1. The van der Waals surface area contributed by atoms with Crippen molar-refractivity contribution in [2.75, 3.05) is 5.32 Å². The Kier molecular flexibility index (Phi) is 7.35. The van der Waals surface area contributed by atoms with Gasteiger partial charge in [-0.2, -0.15) is 0 Å². The van der Waals surface area contributed by atoms with Crippen LogP contribution in [-0.2, 0) is 13.2 Å². The first-order valence-corrected chi connectivity index (χ1v) is 13.0. The highest BCUT2D eigenvalue weighted by Crippen LogP contribution is 2.34. The number of halogens is 2. The van der Waals surface area contributed by atoms with E-state index in [1.54, 1.807) is 11.8 Å². The minimum absolute atomic E-state index is 0.0100. The van der Waals surface area contributed by atoms with E-state index in [1.165, 1.54) is 0 Å². The highest BCUT2D eigenvalue weighted by Gasteiger charge is 2.12. The monoisotopic (exact) mass is 561 g/mol. The molecule has 0 amide bonds. The molecule has 1 heterocycles. The van der Waals surface area contributed by atoms with Gasteiger partial charge in [0.2, 0.25) is 0 Å². The Morgan fingerprint density at radius 3 is 2.26 bits per heavy atom. The molecule has 2 N–H and O–H groups in total. The summed E-state index contributed by atoms with van der Waals surface area (Å²) in [5.41, 5.74) is 3.80. The number of fused-ring (bicyclic) bond motifs is 1. The number of benzene rings is 4. The number of nitrogens with one attached hydrogen (secondary N) is 1. The van der Waals surface area contributed by atoms with Crippen molar-refractivity contribution in [2.45, 2.75) is 22.9 Å². The van der Waals surface area contributed by atoms with Gasteiger partial charge >= 0.3 is 0 Å². The molecule has 1 aromatic heterocycles. The molecule has 0 bridgehead atoms. The van der Waals surface area contributed by atoms with E-state index >= 15 is 0 Å². The molecule has 5 aromatic rings. The smallest absolute Gasteiger partial charge is 0.162 e. The summed E-state index contributed by atoms with van der Waals surface area (Å²) in [5, 5.41) is 14.8. The van der Waals surface area contributed by atoms with E-state index in [-0.39, 0.29) is 6.61 Å². The Morgan fingerprint density at radius 2 is 1.51 bits per heavy atom. The van der Waals surface area contributed by atoms with E-state index < -0.39 is 0 Å². The van der Waals surface area contributed by atoms with Gasteiger partial charge in [-0.25, -0.2) is 9.97 Å². The van der Waals surface area contributed by atoms with Crippen LogP contribution in [0.4, 0.5) is 5.82 Å². The summed E-state index contributed by atoms with van der Waals surface area (Å²) < 4.78 is 1.00. The molecule has 0 aliphatic heterocycles. The highest BCUT2D eigenvalue weighted by atomic mass is 79.9. The Balaban J connectivity index is 1.48. The van der Waals surface area contributed by atoms with Crippen molar-refractivity contribution in [3.05, 3.63) is 112 Å². The van der Waals surface area contributed by atoms with E-state index in [0.29, 0.717) is 17.4 Å². The molecule has 0 radical (unpaired) electrons. The fourth-order valence-electron chi connectivity index (χ4n) is 3.74. The van der Waals surface area contributed by atoms with Crippen LogP contribution in [0.5, 0.6) is 0 Å². The van der Waals surface area contributed by atoms with Crippen molar-refractivity contribution in [3.8, 4) is 11.4 Å². The minimum atomic E-state index is 0.0100. The highest BCUT2D eigenvalue weighted by molar-refractivity contribution is 9.10. The standard InChI is InChI=1S/C28H21BrClN3OS/c29-21-11-9-18(10-12-21)27-32-24-14-13-22(30)15-23(24)28(33-27)31-16-19-5-1-3-7-25(19)35-26-8-4-2-6-20(26)17-34/h1-15,34H,16-17H2,(H,31,32,33). The zero-order chi connectivity index (χ0) is 24.2. The average Bonchev–Trinajstić information content (AvgIpc) is 2.89. The van der Waals surface area contributed by atoms with Crippen molar-refractivity contribution in [2.24, 2.45) is 0 Å². The molecule has 0 saturated carbocycles. The third-order valence-electron chi connectivity index (χ3n) is 5.54. The van der Waals surface area contributed by atoms with Crippen molar-refractivity contribution >= 4 is 56.0 Å². The largest absolute Gasteiger partial charge is 0.392 e. The van der Waals surface area contributed by atoms with Crippen LogP contribution in [0, 0.1) is 0 Å². The minimum Gasteiger partial charge on any atom is -0.392 e. The van der Waals surface area contributed by atoms with E-state index in [0.717, 1.165) is 47.7 Å². The fourth-order valence-corrected chi connectivity index (χ4v) is 5.25. The first kappa shape index (κ1) is 23.8. The van der Waals surface area contributed by atoms with Gasteiger partial charge in [0, 0.05) is 36.8 Å². The van der Waals surface area contributed by atoms with Crippen molar-refractivity contribution < 1.29 is 5.11 Å². The zero-order valence-corrected chi connectivity index (χ0v) is 21.7. The van der Waals surface area contributed by atoms with Crippen LogP contribution >= 0.6 is 39.3 Å². The van der Waals surface area contributed by atoms with Crippen LogP contribution < -0.4 is 5.32 Å². The topological polar surface area (TPSA) is 58.0 Å². The zero-order valence-electron chi connectivity index (χ0n) is 18.6. The van der Waals surface area contributed by atoms with Gasteiger partial charge in [-0.15, -0.1) is 0 Å². The molecular formula is C28H21BrClN3OS. The molecule has 5 rings (SSSR count). The lowest BCUT2D eigenvalue weighted by Gasteiger charge is -2.14. The van der Waals surface area contributed by atoms with Gasteiger partial charge in [0.05, 0.1) is 12.1 Å². The molecule has 0 aliphatic carbocycles. The molecule has 4 aromatic carbocycles. The van der Waals surface area contributed by atoms with Crippen LogP contribution in [-0.4, -0.2) is 15.1 Å². The van der Waals surface area contributed by atoms with Gasteiger partial charge in [-0.1, -0.05) is 87.8 Å². The number of rotatable bonds is 7. The summed E-state index contributed by atoms with van der Waals surface area (Å²) in [4.78, 5) is 11.8. The summed E-state index contributed by atoms with van der Waals surface area (Å²) in [6.45, 7) is 0.582. The number of hydrogen-bond donors (Lipinski definition) is 2. The summed E-state index contributed by atoms with van der Waals surface area (Å²) >= 11 is 11.5. The van der Waals surface area contributed by atoms with E-state index in [9.17, 15) is 5.11 Å². The number of aliphatic hydroxyl groups excluding tert-OH is 1. The predicted molar refractivity (Wildman–Crippen MR) is 148 cm³/mol. The maximum atomic E-state index is 9.72. The van der Waals surface area contributed by atoms with Crippen molar-refractivity contribution in [1.29, 1.82) is 0 Å². The van der Waals surface area contributed by atoms with E-state index in [1.807, 2.05) is 78.9 Å².